The highest BCUT2D eigenvalue weighted by atomic mass is 32.2. The molecule has 256 valence electrons. The first kappa shape index (κ1) is 31.5. The molecule has 1 spiro atoms. The van der Waals surface area contributed by atoms with Crippen LogP contribution >= 0.6 is 18.9 Å². The van der Waals surface area contributed by atoms with E-state index >= 15 is 4.57 Å². The van der Waals surface area contributed by atoms with Crippen molar-refractivity contribution in [2.24, 2.45) is 0 Å². The first-order chi connectivity index (χ1) is 26.7. The minimum absolute atomic E-state index is 0.746. The number of para-hydroxylation sites is 3. The summed E-state index contributed by atoms with van der Waals surface area (Å²) >= 11 is 1.81. The summed E-state index contributed by atoms with van der Waals surface area (Å²) in [5, 5.41) is 4.58. The molecule has 3 nitrogen and oxygen atoms in total. The van der Waals surface area contributed by atoms with Gasteiger partial charge in [0.1, 0.15) is 11.2 Å². The van der Waals surface area contributed by atoms with Crippen molar-refractivity contribution in [1.29, 1.82) is 0 Å². The Hall–Kier alpha value is -6.06. The van der Waals surface area contributed by atoms with Gasteiger partial charge in [-0.1, -0.05) is 145 Å². The average molecular weight is 730 g/mol. The summed E-state index contributed by atoms with van der Waals surface area (Å²) in [6, 6.07) is 67.9. The van der Waals surface area contributed by atoms with Gasteiger partial charge >= 0.3 is 0 Å². The Morgan fingerprint density at radius 3 is 1.81 bits per heavy atom. The highest BCUT2D eigenvalue weighted by Gasteiger charge is 2.54. The zero-order chi connectivity index (χ0) is 35.9. The number of hydrogen-bond acceptors (Lipinski definition) is 4. The van der Waals surface area contributed by atoms with E-state index < -0.39 is 12.6 Å². The molecule has 9 aromatic rings. The second-order valence-electron chi connectivity index (χ2n) is 14.0. The molecular weight excluding hydrogens is 698 g/mol. The van der Waals surface area contributed by atoms with Gasteiger partial charge in [-0.15, -0.1) is 0 Å². The normalized spacial score (nSPS) is 18.1. The fourth-order valence-electron chi connectivity index (χ4n) is 8.93. The minimum Gasteiger partial charge on any atom is -0.456 e. The lowest BCUT2D eigenvalue weighted by atomic mass is 9.64. The predicted octanol–water partition coefficient (Wildman–Crippen LogP) is 11.9. The molecule has 54 heavy (non-hydrogen) atoms. The number of anilines is 3. The monoisotopic (exact) mass is 729 g/mol. The van der Waals surface area contributed by atoms with Crippen molar-refractivity contribution in [2.45, 2.75) is 15.2 Å². The molecule has 0 radical (unpaired) electrons. The molecule has 2 atom stereocenters. The Labute approximate surface area is 317 Å². The number of hydrogen-bond donors (Lipinski definition) is 0. The van der Waals surface area contributed by atoms with E-state index in [1.54, 1.807) is 0 Å². The maximum atomic E-state index is 16.4. The molecule has 2 aliphatic rings. The molecule has 0 aliphatic carbocycles. The van der Waals surface area contributed by atoms with Crippen molar-refractivity contribution in [3.8, 4) is 0 Å². The molecule has 0 saturated carbocycles. The van der Waals surface area contributed by atoms with E-state index in [0.29, 0.717) is 0 Å². The molecule has 5 heteroatoms. The molecule has 2 unspecified atom stereocenters. The SMILES string of the molecule is O=P1(c2ccccc2)c2ccccc2C2(c3ccccc3Sc3cc(N(c4ccccc4)c4ccccc4)ccc32)c2cc3c(cc21)oc1ccccc13. The van der Waals surface area contributed by atoms with E-state index in [1.807, 2.05) is 60.3 Å². The standard InChI is InChI=1S/C49H32NO2PS/c51-53(36-20-8-3-9-21-36)45-26-14-11-23-39(45)49(42-31-38-37-22-10-13-25-43(37)52-44(38)32-46(42)53)40-24-12-15-27-47(40)54-48-30-35(28-29-41(48)49)50(33-16-4-1-5-17-33)34-18-6-2-7-19-34/h1-32H. The van der Waals surface area contributed by atoms with Gasteiger partial charge in [-0.25, -0.2) is 0 Å². The summed E-state index contributed by atoms with van der Waals surface area (Å²) in [5.74, 6) is 0. The smallest absolute Gasteiger partial charge is 0.171 e. The lowest BCUT2D eigenvalue weighted by Gasteiger charge is -2.48. The topological polar surface area (TPSA) is 33.5 Å². The molecule has 11 rings (SSSR count). The highest BCUT2D eigenvalue weighted by molar-refractivity contribution is 7.99. The second kappa shape index (κ2) is 12.0. The van der Waals surface area contributed by atoms with Crippen LogP contribution in [-0.2, 0) is 9.98 Å². The van der Waals surface area contributed by atoms with Crippen LogP contribution in [0.15, 0.2) is 208 Å². The van der Waals surface area contributed by atoms with E-state index in [0.717, 1.165) is 70.9 Å². The van der Waals surface area contributed by atoms with Crippen LogP contribution in [0.4, 0.5) is 17.1 Å². The lowest BCUT2D eigenvalue weighted by molar-refractivity contribution is 0.589. The maximum Gasteiger partial charge on any atom is 0.171 e. The van der Waals surface area contributed by atoms with Crippen LogP contribution in [-0.4, -0.2) is 0 Å². The molecule has 1 aromatic heterocycles. The number of furan rings is 1. The molecule has 0 bridgehead atoms. The van der Waals surface area contributed by atoms with Crippen LogP contribution in [0.5, 0.6) is 0 Å². The number of nitrogens with zero attached hydrogens (tertiary/aromatic N) is 1. The van der Waals surface area contributed by atoms with Gasteiger partial charge in [0.15, 0.2) is 7.14 Å². The van der Waals surface area contributed by atoms with E-state index in [9.17, 15) is 0 Å². The lowest BCUT2D eigenvalue weighted by Crippen LogP contribution is -2.48. The van der Waals surface area contributed by atoms with Crippen molar-refractivity contribution < 1.29 is 8.98 Å². The summed E-state index contributed by atoms with van der Waals surface area (Å²) in [7, 11) is -3.39. The number of benzene rings is 8. The molecule has 8 aromatic carbocycles. The summed E-state index contributed by atoms with van der Waals surface area (Å²) in [6.07, 6.45) is 0. The van der Waals surface area contributed by atoms with Crippen molar-refractivity contribution >= 4 is 73.8 Å². The Morgan fingerprint density at radius 1 is 0.444 bits per heavy atom. The second-order valence-corrected chi connectivity index (χ2v) is 17.7. The van der Waals surface area contributed by atoms with Crippen LogP contribution in [0, 0.1) is 0 Å². The zero-order valence-electron chi connectivity index (χ0n) is 29.1. The molecule has 3 heterocycles. The van der Waals surface area contributed by atoms with Crippen LogP contribution in [0.1, 0.15) is 22.3 Å². The first-order valence-corrected chi connectivity index (χ1v) is 20.7. The molecule has 0 fully saturated rings. The van der Waals surface area contributed by atoms with E-state index in [-0.39, 0.29) is 0 Å². The van der Waals surface area contributed by atoms with E-state index in [1.165, 1.54) is 16.0 Å². The van der Waals surface area contributed by atoms with Crippen molar-refractivity contribution in [2.75, 3.05) is 4.90 Å². The van der Waals surface area contributed by atoms with E-state index in [4.69, 9.17) is 4.42 Å². The number of rotatable bonds is 4. The fourth-order valence-corrected chi connectivity index (χ4v) is 13.3. The molecular formula is C49H32NO2PS. The Kier molecular flexibility index (Phi) is 6.98. The number of fused-ring (bicyclic) bond motifs is 11. The molecule has 0 saturated heterocycles. The Morgan fingerprint density at radius 2 is 1.06 bits per heavy atom. The van der Waals surface area contributed by atoms with Gasteiger partial charge in [0.2, 0.25) is 0 Å². The van der Waals surface area contributed by atoms with Gasteiger partial charge in [-0.2, -0.15) is 0 Å². The van der Waals surface area contributed by atoms with Gasteiger partial charge in [0.25, 0.3) is 0 Å². The molecule has 0 N–H and O–H groups in total. The van der Waals surface area contributed by atoms with Crippen LogP contribution in [0.25, 0.3) is 21.9 Å². The quantitative estimate of drug-likeness (QED) is 0.169. The van der Waals surface area contributed by atoms with Crippen LogP contribution in [0.2, 0.25) is 0 Å². The van der Waals surface area contributed by atoms with Gasteiger partial charge in [-0.05, 0) is 82.9 Å². The summed E-state index contributed by atoms with van der Waals surface area (Å²) < 4.78 is 22.9. The van der Waals surface area contributed by atoms with Gasteiger partial charge < -0.3 is 13.9 Å². The first-order valence-electron chi connectivity index (χ1n) is 18.2. The zero-order valence-corrected chi connectivity index (χ0v) is 30.8. The molecule has 0 amide bonds. The summed E-state index contributed by atoms with van der Waals surface area (Å²) in [5.41, 5.74) is 8.52. The Balaban J connectivity index is 1.27. The third kappa shape index (κ3) is 4.36. The molecule has 2 aliphatic heterocycles. The van der Waals surface area contributed by atoms with Crippen LogP contribution in [0.3, 0.4) is 0 Å². The van der Waals surface area contributed by atoms with Gasteiger partial charge in [-0.3, -0.25) is 0 Å². The van der Waals surface area contributed by atoms with Gasteiger partial charge in [0.05, 0.1) is 5.41 Å². The predicted molar refractivity (Wildman–Crippen MR) is 224 cm³/mol. The summed E-state index contributed by atoms with van der Waals surface area (Å²) in [4.78, 5) is 4.67. The fraction of sp³-hybridized carbons (Fsp3) is 0.0204. The van der Waals surface area contributed by atoms with Crippen molar-refractivity contribution in [1.82, 2.24) is 0 Å². The largest absolute Gasteiger partial charge is 0.456 e. The third-order valence-corrected chi connectivity index (χ3v) is 15.4. The Bertz CT molecular complexity index is 2920. The maximum absolute atomic E-state index is 16.4. The van der Waals surface area contributed by atoms with Crippen molar-refractivity contribution in [3.63, 3.8) is 0 Å². The summed E-state index contributed by atoms with van der Waals surface area (Å²) in [6.45, 7) is 0. The van der Waals surface area contributed by atoms with Gasteiger partial charge in [0, 0.05) is 53.5 Å². The minimum atomic E-state index is -3.39. The highest BCUT2D eigenvalue weighted by Crippen LogP contribution is 2.62. The average Bonchev–Trinajstić information content (AvgIpc) is 3.61. The third-order valence-electron chi connectivity index (χ3n) is 11.2. The van der Waals surface area contributed by atoms with E-state index in [2.05, 4.69) is 150 Å². The van der Waals surface area contributed by atoms with Crippen molar-refractivity contribution in [3.05, 3.63) is 216 Å². The van der Waals surface area contributed by atoms with Crippen LogP contribution < -0.4 is 20.8 Å².